The van der Waals surface area contributed by atoms with E-state index in [4.69, 9.17) is 0 Å². The third-order valence-electron chi connectivity index (χ3n) is 0. The van der Waals surface area contributed by atoms with Crippen LogP contribution < -0.4 is 59.1 Å². The summed E-state index contributed by atoms with van der Waals surface area (Å²) in [7, 11) is 0. The van der Waals surface area contributed by atoms with Crippen LogP contribution in [0, 0.1) is 0 Å². The molecular formula is CoNa2O2. The molecule has 0 aromatic carbocycles. The molecule has 0 atom stereocenters. The van der Waals surface area contributed by atoms with Crippen molar-refractivity contribution in [3.63, 3.8) is 0 Å². The van der Waals surface area contributed by atoms with E-state index in [2.05, 4.69) is 0 Å². The van der Waals surface area contributed by atoms with Crippen molar-refractivity contribution in [2.24, 2.45) is 0 Å². The summed E-state index contributed by atoms with van der Waals surface area (Å²) < 4.78 is 0. The molecule has 0 N–H and O–H groups in total. The summed E-state index contributed by atoms with van der Waals surface area (Å²) in [6.07, 6.45) is 0. The molecule has 5 heavy (non-hydrogen) atoms. The summed E-state index contributed by atoms with van der Waals surface area (Å²) in [4.78, 5) is 0. The standard InChI is InChI=1S/Co.2Na.2O/q+2;2*+1;2*-2. The van der Waals surface area contributed by atoms with E-state index in [0.29, 0.717) is 0 Å². The van der Waals surface area contributed by atoms with Crippen LogP contribution in [0.3, 0.4) is 0 Å². The van der Waals surface area contributed by atoms with Gasteiger partial charge in [-0.3, -0.25) is 0 Å². The molecule has 5 heteroatoms. The van der Waals surface area contributed by atoms with Gasteiger partial charge in [0, 0.05) is 0 Å². The molecule has 0 saturated carbocycles. The van der Waals surface area contributed by atoms with Gasteiger partial charge in [-0.15, -0.1) is 0 Å². The van der Waals surface area contributed by atoms with E-state index in [1.54, 1.807) is 0 Å². The van der Waals surface area contributed by atoms with Crippen molar-refractivity contribution in [3.8, 4) is 0 Å². The molecule has 0 aromatic rings. The Balaban J connectivity index is 0. The van der Waals surface area contributed by atoms with Gasteiger partial charge in [0.25, 0.3) is 0 Å². The van der Waals surface area contributed by atoms with E-state index in [1.807, 2.05) is 0 Å². The van der Waals surface area contributed by atoms with Gasteiger partial charge in [0.1, 0.15) is 0 Å². The Hall–Kier alpha value is 2.43. The molecule has 0 spiro atoms. The Morgan fingerprint density at radius 2 is 0.600 bits per heavy atom. The van der Waals surface area contributed by atoms with Crippen molar-refractivity contribution in [1.29, 1.82) is 0 Å². The fourth-order valence-corrected chi connectivity index (χ4v) is 0. The summed E-state index contributed by atoms with van der Waals surface area (Å²) in [5, 5.41) is 0. The van der Waals surface area contributed by atoms with Crippen molar-refractivity contribution in [3.05, 3.63) is 0 Å². The fraction of sp³-hybridized carbons (Fsp3) is 0. The molecule has 0 saturated heterocycles. The maximum absolute atomic E-state index is 0. The second-order valence-electron chi connectivity index (χ2n) is 0. The molecule has 0 fully saturated rings. The Labute approximate surface area is 85.5 Å². The monoisotopic (exact) mass is 137 g/mol. The summed E-state index contributed by atoms with van der Waals surface area (Å²) in [6.45, 7) is 0. The number of hydrogen-bond donors (Lipinski definition) is 0. The van der Waals surface area contributed by atoms with E-state index >= 15 is 0 Å². The van der Waals surface area contributed by atoms with Gasteiger partial charge < -0.3 is 11.0 Å². The summed E-state index contributed by atoms with van der Waals surface area (Å²) >= 11 is 0. The molecule has 0 aliphatic rings. The fourth-order valence-electron chi connectivity index (χ4n) is 0. The number of hydrogen-bond acceptors (Lipinski definition) is 0. The van der Waals surface area contributed by atoms with Crippen LogP contribution in [0.1, 0.15) is 0 Å². The van der Waals surface area contributed by atoms with E-state index in [-0.39, 0.29) is 86.8 Å². The van der Waals surface area contributed by atoms with Crippen molar-refractivity contribution in [2.75, 3.05) is 0 Å². The minimum atomic E-state index is 0. The van der Waals surface area contributed by atoms with Crippen LogP contribution in [0.2, 0.25) is 0 Å². The zero-order valence-electron chi connectivity index (χ0n) is 3.15. The van der Waals surface area contributed by atoms with E-state index in [1.165, 1.54) is 0 Å². The van der Waals surface area contributed by atoms with E-state index in [9.17, 15) is 0 Å². The minimum absolute atomic E-state index is 0. The topological polar surface area (TPSA) is 57.0 Å². The smallest absolute Gasteiger partial charge is 2.00 e. The van der Waals surface area contributed by atoms with Gasteiger partial charge in [0.05, 0.1) is 0 Å². The second-order valence-corrected chi connectivity index (χ2v) is 0. The van der Waals surface area contributed by atoms with Crippen LogP contribution in [0.5, 0.6) is 0 Å². The molecule has 2 nitrogen and oxygen atoms in total. The van der Waals surface area contributed by atoms with Crippen LogP contribution in [-0.4, -0.2) is 0 Å². The maximum atomic E-state index is 0. The average molecular weight is 137 g/mol. The maximum Gasteiger partial charge on any atom is 2.00 e. The van der Waals surface area contributed by atoms with Crippen LogP contribution in [0.25, 0.3) is 0 Å². The summed E-state index contributed by atoms with van der Waals surface area (Å²) in [5.74, 6) is 0. The van der Waals surface area contributed by atoms with Crippen molar-refractivity contribution in [1.82, 2.24) is 0 Å². The Kier molecular flexibility index (Phi) is 335. The normalized spacial score (nSPS) is 0. The molecular weight excluding hydrogens is 137 g/mol. The average Bonchev–Trinajstić information content (AvgIpc) is 0. The minimum Gasteiger partial charge on any atom is -2.00 e. The van der Waals surface area contributed by atoms with E-state index < -0.39 is 0 Å². The SMILES string of the molecule is [Co+2].[Na+].[Na+].[O-2].[O-2]. The molecule has 0 aliphatic heterocycles. The number of rotatable bonds is 0. The van der Waals surface area contributed by atoms with Crippen LogP contribution >= 0.6 is 0 Å². The van der Waals surface area contributed by atoms with Crippen molar-refractivity contribution < 1.29 is 86.8 Å². The summed E-state index contributed by atoms with van der Waals surface area (Å²) in [5.41, 5.74) is 0. The van der Waals surface area contributed by atoms with Gasteiger partial charge in [0.2, 0.25) is 0 Å². The Bertz CT molecular complexity index is 7.61. The molecule has 0 aromatic heterocycles. The van der Waals surface area contributed by atoms with Crippen LogP contribution in [0.4, 0.5) is 0 Å². The van der Waals surface area contributed by atoms with Gasteiger partial charge in [-0.2, -0.15) is 0 Å². The quantitative estimate of drug-likeness (QED) is 0.298. The molecule has 23 valence electrons. The third-order valence-corrected chi connectivity index (χ3v) is 0. The summed E-state index contributed by atoms with van der Waals surface area (Å²) in [6, 6.07) is 0. The van der Waals surface area contributed by atoms with Crippen molar-refractivity contribution >= 4 is 0 Å². The zero-order chi connectivity index (χ0) is 0. The molecule has 0 bridgehead atoms. The van der Waals surface area contributed by atoms with Gasteiger partial charge in [-0.25, -0.2) is 0 Å². The molecule has 1 radical (unpaired) electrons. The first-order valence-electron chi connectivity index (χ1n) is 0. The Morgan fingerprint density at radius 1 is 0.600 bits per heavy atom. The predicted molar refractivity (Wildman–Crippen MR) is 1.37 cm³/mol. The van der Waals surface area contributed by atoms with Gasteiger partial charge in [0.15, 0.2) is 0 Å². The van der Waals surface area contributed by atoms with Crippen LogP contribution in [-0.2, 0) is 27.7 Å². The Morgan fingerprint density at radius 3 is 0.600 bits per heavy atom. The van der Waals surface area contributed by atoms with Gasteiger partial charge in [-0.1, -0.05) is 0 Å². The molecule has 0 heterocycles. The van der Waals surface area contributed by atoms with Gasteiger partial charge in [-0.05, 0) is 0 Å². The van der Waals surface area contributed by atoms with Gasteiger partial charge >= 0.3 is 75.9 Å². The van der Waals surface area contributed by atoms with E-state index in [0.717, 1.165) is 0 Å². The van der Waals surface area contributed by atoms with Crippen LogP contribution in [0.15, 0.2) is 0 Å². The molecule has 0 rings (SSSR count). The van der Waals surface area contributed by atoms with Crippen molar-refractivity contribution in [2.45, 2.75) is 0 Å². The molecule has 0 unspecified atom stereocenters. The largest absolute Gasteiger partial charge is 2.00 e. The predicted octanol–water partition coefficient (Wildman–Crippen LogP) is -6.23. The zero-order valence-corrected chi connectivity index (χ0v) is 8.19. The first-order valence-corrected chi connectivity index (χ1v) is 0. The first-order chi connectivity index (χ1) is 0. The third kappa shape index (κ3) is 21.4. The first kappa shape index (κ1) is 52.1. The molecule has 0 amide bonds. The molecule has 0 aliphatic carbocycles. The second kappa shape index (κ2) is 32.1.